The molecule has 2 aromatic carbocycles. The Balaban J connectivity index is 1.78. The minimum atomic E-state index is -0.500. The van der Waals surface area contributed by atoms with Gasteiger partial charge in [0.25, 0.3) is 0 Å². The second-order valence-corrected chi connectivity index (χ2v) is 6.49. The van der Waals surface area contributed by atoms with Crippen molar-refractivity contribution < 1.29 is 19.1 Å². The Morgan fingerprint density at radius 2 is 1.56 bits per heavy atom. The molecule has 7 heteroatoms. The summed E-state index contributed by atoms with van der Waals surface area (Å²) in [5, 5.41) is 1.05. The summed E-state index contributed by atoms with van der Waals surface area (Å²) >= 11 is 17.6. The molecule has 0 amide bonds. The fourth-order valence-electron chi connectivity index (χ4n) is 2.01. The predicted molar refractivity (Wildman–Crippen MR) is 97.8 cm³/mol. The van der Waals surface area contributed by atoms with Crippen LogP contribution in [-0.4, -0.2) is 11.9 Å². The number of carbonyl (C=O) groups is 2. The number of benzene rings is 2. The Morgan fingerprint density at radius 1 is 0.920 bits per heavy atom. The largest absolute Gasteiger partial charge is 0.426 e. The number of halogens is 3. The molecule has 2 rings (SSSR count). The second-order valence-electron chi connectivity index (χ2n) is 5.26. The average Bonchev–Trinajstić information content (AvgIpc) is 2.54. The number of aryl methyl sites for hydroxylation is 1. The number of esters is 2. The van der Waals surface area contributed by atoms with E-state index in [2.05, 4.69) is 0 Å². The maximum atomic E-state index is 11.8. The zero-order valence-electron chi connectivity index (χ0n) is 13.4. The lowest BCUT2D eigenvalue weighted by molar-refractivity contribution is -0.136. The second kappa shape index (κ2) is 9.09. The van der Waals surface area contributed by atoms with Crippen LogP contribution in [0.15, 0.2) is 36.4 Å². The van der Waals surface area contributed by atoms with Crippen LogP contribution in [0.2, 0.25) is 15.1 Å². The van der Waals surface area contributed by atoms with Gasteiger partial charge in [0.2, 0.25) is 0 Å². The summed E-state index contributed by atoms with van der Waals surface area (Å²) in [6.07, 6.45) is 0.431. The van der Waals surface area contributed by atoms with Crippen molar-refractivity contribution in [2.24, 2.45) is 0 Å². The lowest BCUT2D eigenvalue weighted by Crippen LogP contribution is -2.12. The van der Waals surface area contributed by atoms with Gasteiger partial charge in [0, 0.05) is 17.9 Å². The summed E-state index contributed by atoms with van der Waals surface area (Å²) in [7, 11) is 0. The SMILES string of the molecule is Cc1cc(Cl)ccc1OC(=O)CCCC(=O)Oc1cccc(Cl)c1Cl. The first-order chi connectivity index (χ1) is 11.9. The van der Waals surface area contributed by atoms with E-state index in [-0.39, 0.29) is 23.6 Å². The molecule has 0 atom stereocenters. The van der Waals surface area contributed by atoms with E-state index in [9.17, 15) is 9.59 Å². The molecule has 132 valence electrons. The van der Waals surface area contributed by atoms with Gasteiger partial charge in [-0.2, -0.15) is 0 Å². The van der Waals surface area contributed by atoms with Crippen LogP contribution >= 0.6 is 34.8 Å². The van der Waals surface area contributed by atoms with E-state index < -0.39 is 11.9 Å². The molecule has 0 aliphatic carbocycles. The van der Waals surface area contributed by atoms with Crippen LogP contribution < -0.4 is 9.47 Å². The molecule has 0 saturated carbocycles. The van der Waals surface area contributed by atoms with Crippen molar-refractivity contribution in [1.29, 1.82) is 0 Å². The van der Waals surface area contributed by atoms with Gasteiger partial charge in [0.15, 0.2) is 5.75 Å². The summed E-state index contributed by atoms with van der Waals surface area (Å²) in [4.78, 5) is 23.7. The highest BCUT2D eigenvalue weighted by Gasteiger charge is 2.13. The number of rotatable bonds is 6. The Hall–Kier alpha value is -1.75. The molecule has 0 aliphatic rings. The van der Waals surface area contributed by atoms with E-state index in [0.29, 0.717) is 22.2 Å². The zero-order valence-corrected chi connectivity index (χ0v) is 15.6. The fourth-order valence-corrected chi connectivity index (χ4v) is 2.57. The van der Waals surface area contributed by atoms with Crippen molar-refractivity contribution >= 4 is 46.7 Å². The van der Waals surface area contributed by atoms with Gasteiger partial charge in [-0.25, -0.2) is 0 Å². The summed E-state index contributed by atoms with van der Waals surface area (Å²) in [5.74, 6) is -0.292. The lowest BCUT2D eigenvalue weighted by atomic mass is 10.2. The number of hydrogen-bond acceptors (Lipinski definition) is 4. The van der Waals surface area contributed by atoms with E-state index in [1.165, 1.54) is 0 Å². The van der Waals surface area contributed by atoms with Crippen molar-refractivity contribution in [2.75, 3.05) is 0 Å². The minimum absolute atomic E-state index is 0.0531. The third-order valence-corrected chi connectivity index (χ3v) is 4.30. The highest BCUT2D eigenvalue weighted by molar-refractivity contribution is 6.43. The minimum Gasteiger partial charge on any atom is -0.426 e. The first-order valence-corrected chi connectivity index (χ1v) is 8.61. The van der Waals surface area contributed by atoms with E-state index in [1.807, 2.05) is 0 Å². The molecule has 0 aromatic heterocycles. The third-order valence-electron chi connectivity index (χ3n) is 3.26. The summed E-state index contributed by atoms with van der Waals surface area (Å²) in [5.41, 5.74) is 0.760. The van der Waals surface area contributed by atoms with Gasteiger partial charge in [0.05, 0.1) is 5.02 Å². The molecular weight excluding hydrogens is 387 g/mol. The van der Waals surface area contributed by atoms with Gasteiger partial charge in [-0.15, -0.1) is 0 Å². The molecule has 4 nitrogen and oxygen atoms in total. The first kappa shape index (κ1) is 19.6. The number of hydrogen-bond donors (Lipinski definition) is 0. The van der Waals surface area contributed by atoms with Gasteiger partial charge in [0.1, 0.15) is 10.8 Å². The molecule has 0 unspecified atom stereocenters. The van der Waals surface area contributed by atoms with Crippen molar-refractivity contribution in [3.8, 4) is 11.5 Å². The first-order valence-electron chi connectivity index (χ1n) is 7.48. The normalized spacial score (nSPS) is 10.4. The predicted octanol–water partition coefficient (Wildman–Crippen LogP) is 5.64. The molecule has 0 saturated heterocycles. The molecule has 0 spiro atoms. The maximum absolute atomic E-state index is 11.8. The van der Waals surface area contributed by atoms with Gasteiger partial charge in [-0.05, 0) is 49.2 Å². The van der Waals surface area contributed by atoms with Crippen molar-refractivity contribution in [3.05, 3.63) is 57.0 Å². The van der Waals surface area contributed by atoms with Crippen LogP contribution in [0.4, 0.5) is 0 Å². The fraction of sp³-hybridized carbons (Fsp3) is 0.222. The number of ether oxygens (including phenoxy) is 2. The van der Waals surface area contributed by atoms with E-state index >= 15 is 0 Å². The van der Waals surface area contributed by atoms with Crippen LogP contribution in [0.1, 0.15) is 24.8 Å². The molecule has 0 N–H and O–H groups in total. The smallest absolute Gasteiger partial charge is 0.311 e. The Bertz CT molecular complexity index is 790. The van der Waals surface area contributed by atoms with Crippen molar-refractivity contribution in [1.82, 2.24) is 0 Å². The van der Waals surface area contributed by atoms with Gasteiger partial charge in [-0.1, -0.05) is 40.9 Å². The van der Waals surface area contributed by atoms with Crippen LogP contribution in [0, 0.1) is 6.92 Å². The lowest BCUT2D eigenvalue weighted by Gasteiger charge is -2.08. The quantitative estimate of drug-likeness (QED) is 0.464. The summed E-state index contributed by atoms with van der Waals surface area (Å²) in [6, 6.07) is 9.74. The van der Waals surface area contributed by atoms with Crippen LogP contribution in [0.25, 0.3) is 0 Å². The molecular formula is C18H15Cl3O4. The highest BCUT2D eigenvalue weighted by atomic mass is 35.5. The van der Waals surface area contributed by atoms with E-state index in [4.69, 9.17) is 44.3 Å². The molecule has 0 fully saturated rings. The Labute approximate surface area is 160 Å². The molecule has 0 radical (unpaired) electrons. The zero-order chi connectivity index (χ0) is 18.4. The summed E-state index contributed by atoms with van der Waals surface area (Å²) < 4.78 is 10.4. The molecule has 2 aromatic rings. The van der Waals surface area contributed by atoms with Gasteiger partial charge >= 0.3 is 11.9 Å². The molecule has 0 heterocycles. The van der Waals surface area contributed by atoms with Crippen molar-refractivity contribution in [3.63, 3.8) is 0 Å². The topological polar surface area (TPSA) is 52.6 Å². The van der Waals surface area contributed by atoms with E-state index in [0.717, 1.165) is 5.56 Å². The monoisotopic (exact) mass is 400 g/mol. The average molecular weight is 402 g/mol. The van der Waals surface area contributed by atoms with Gasteiger partial charge in [-0.3, -0.25) is 9.59 Å². The van der Waals surface area contributed by atoms with Crippen LogP contribution in [0.5, 0.6) is 11.5 Å². The highest BCUT2D eigenvalue weighted by Crippen LogP contribution is 2.31. The Kier molecular flexibility index (Phi) is 7.12. The molecule has 0 bridgehead atoms. The van der Waals surface area contributed by atoms with Crippen molar-refractivity contribution in [2.45, 2.75) is 26.2 Å². The maximum Gasteiger partial charge on any atom is 0.311 e. The molecule has 25 heavy (non-hydrogen) atoms. The Morgan fingerprint density at radius 3 is 2.20 bits per heavy atom. The van der Waals surface area contributed by atoms with Crippen LogP contribution in [0.3, 0.4) is 0 Å². The third kappa shape index (κ3) is 5.92. The number of carbonyl (C=O) groups excluding carboxylic acids is 2. The molecule has 0 aliphatic heterocycles. The van der Waals surface area contributed by atoms with E-state index in [1.54, 1.807) is 43.3 Å². The standard InChI is InChI=1S/C18H15Cl3O4/c1-11-10-12(19)8-9-14(11)24-16(22)6-3-7-17(23)25-15-5-2-4-13(20)18(15)21/h2,4-5,8-10H,3,6-7H2,1H3. The van der Waals surface area contributed by atoms with Gasteiger partial charge < -0.3 is 9.47 Å². The summed E-state index contributed by atoms with van der Waals surface area (Å²) in [6.45, 7) is 1.79. The van der Waals surface area contributed by atoms with Crippen LogP contribution in [-0.2, 0) is 9.59 Å².